The fraction of sp³-hybridized carbons (Fsp3) is 0.120. The van der Waals surface area contributed by atoms with Gasteiger partial charge in [0.2, 0.25) is 0 Å². The standard InChI is InChI=1S/C25H20FN7O/c1-13-28-12-23(33(13)2)20-9-18-22(11-29-20)31-32-25(18)21-10-17-19(30-21)4-5-27-24(17)14-6-15(26)8-16(7-14)34-3/h4-12,30H,1-3H3,(H,31,32). The molecule has 5 aromatic heterocycles. The molecule has 34 heavy (non-hydrogen) atoms. The molecule has 0 aliphatic heterocycles. The number of aromatic nitrogens is 7. The number of hydrogen-bond acceptors (Lipinski definition) is 5. The molecule has 0 bridgehead atoms. The van der Waals surface area contributed by atoms with Crippen LogP contribution < -0.4 is 4.74 Å². The summed E-state index contributed by atoms with van der Waals surface area (Å²) in [6.45, 7) is 1.95. The molecule has 2 N–H and O–H groups in total. The Morgan fingerprint density at radius 2 is 1.79 bits per heavy atom. The lowest BCUT2D eigenvalue weighted by Gasteiger charge is -2.06. The number of nitrogens with zero attached hydrogens (tertiary/aromatic N) is 5. The van der Waals surface area contributed by atoms with E-state index in [1.807, 2.05) is 42.9 Å². The second-order valence-electron chi connectivity index (χ2n) is 8.12. The molecule has 5 heterocycles. The van der Waals surface area contributed by atoms with E-state index in [-0.39, 0.29) is 5.82 Å². The monoisotopic (exact) mass is 453 g/mol. The maximum atomic E-state index is 14.2. The van der Waals surface area contributed by atoms with Gasteiger partial charge in [0.15, 0.2) is 0 Å². The van der Waals surface area contributed by atoms with Crippen LogP contribution in [-0.4, -0.2) is 41.8 Å². The van der Waals surface area contributed by atoms with E-state index in [2.05, 4.69) is 30.1 Å². The summed E-state index contributed by atoms with van der Waals surface area (Å²) < 4.78 is 21.4. The number of aryl methyl sites for hydroxylation is 1. The van der Waals surface area contributed by atoms with Crippen LogP contribution in [0.5, 0.6) is 5.75 Å². The van der Waals surface area contributed by atoms with Crippen LogP contribution in [0.2, 0.25) is 0 Å². The summed E-state index contributed by atoms with van der Waals surface area (Å²) in [5, 5.41) is 9.40. The quantitative estimate of drug-likeness (QED) is 0.390. The van der Waals surface area contributed by atoms with Gasteiger partial charge in [0, 0.05) is 41.2 Å². The summed E-state index contributed by atoms with van der Waals surface area (Å²) in [6.07, 6.45) is 5.29. The third-order valence-corrected chi connectivity index (χ3v) is 6.11. The summed E-state index contributed by atoms with van der Waals surface area (Å²) in [4.78, 5) is 16.9. The van der Waals surface area contributed by atoms with Crippen LogP contribution in [0.15, 0.2) is 55.0 Å². The minimum Gasteiger partial charge on any atom is -0.497 e. The molecular formula is C25H20FN7O. The second-order valence-corrected chi connectivity index (χ2v) is 8.12. The van der Waals surface area contributed by atoms with E-state index in [1.165, 1.54) is 19.2 Å². The minimum atomic E-state index is -0.382. The number of methoxy groups -OCH3 is 1. The molecule has 0 fully saturated rings. The number of halogens is 1. The van der Waals surface area contributed by atoms with Crippen molar-refractivity contribution in [2.75, 3.05) is 7.11 Å². The number of H-pyrrole nitrogens is 2. The SMILES string of the molecule is COc1cc(F)cc(-c2nccc3[nH]c(-c4n[nH]c5cnc(-c6cnc(C)n6C)cc45)cc23)c1. The maximum Gasteiger partial charge on any atom is 0.127 e. The molecule has 0 saturated carbocycles. The average molecular weight is 453 g/mol. The number of hydrogen-bond donors (Lipinski definition) is 2. The summed E-state index contributed by atoms with van der Waals surface area (Å²) in [7, 11) is 3.48. The number of pyridine rings is 2. The van der Waals surface area contributed by atoms with Crippen molar-refractivity contribution in [3.63, 3.8) is 0 Å². The van der Waals surface area contributed by atoms with E-state index < -0.39 is 0 Å². The van der Waals surface area contributed by atoms with Crippen molar-refractivity contribution in [2.45, 2.75) is 6.92 Å². The highest BCUT2D eigenvalue weighted by Crippen LogP contribution is 2.35. The Labute approximate surface area is 193 Å². The Hall–Kier alpha value is -4.53. The number of aromatic amines is 2. The van der Waals surface area contributed by atoms with E-state index >= 15 is 0 Å². The summed E-state index contributed by atoms with van der Waals surface area (Å²) >= 11 is 0. The van der Waals surface area contributed by atoms with Gasteiger partial charge in [-0.2, -0.15) is 5.10 Å². The first-order chi connectivity index (χ1) is 16.5. The lowest BCUT2D eigenvalue weighted by atomic mass is 10.1. The number of nitrogens with one attached hydrogen (secondary N) is 2. The first kappa shape index (κ1) is 20.1. The third-order valence-electron chi connectivity index (χ3n) is 6.11. The molecule has 0 aliphatic carbocycles. The van der Waals surface area contributed by atoms with Gasteiger partial charge in [0.05, 0.1) is 47.8 Å². The fourth-order valence-electron chi connectivity index (χ4n) is 4.23. The van der Waals surface area contributed by atoms with Crippen molar-refractivity contribution < 1.29 is 9.13 Å². The molecule has 0 atom stereocenters. The molecular weight excluding hydrogens is 433 g/mol. The number of fused-ring (bicyclic) bond motifs is 2. The molecule has 0 aliphatic rings. The van der Waals surface area contributed by atoms with E-state index in [1.54, 1.807) is 18.5 Å². The van der Waals surface area contributed by atoms with E-state index in [0.717, 1.165) is 50.4 Å². The lowest BCUT2D eigenvalue weighted by molar-refractivity contribution is 0.411. The highest BCUT2D eigenvalue weighted by atomic mass is 19.1. The van der Waals surface area contributed by atoms with Gasteiger partial charge in [0.25, 0.3) is 0 Å². The third kappa shape index (κ3) is 3.13. The van der Waals surface area contributed by atoms with Gasteiger partial charge in [-0.1, -0.05) is 0 Å². The average Bonchev–Trinajstić information content (AvgIpc) is 3.54. The normalized spacial score (nSPS) is 11.5. The Morgan fingerprint density at radius 3 is 2.59 bits per heavy atom. The molecule has 6 aromatic rings. The minimum absolute atomic E-state index is 0.382. The van der Waals surface area contributed by atoms with Crippen molar-refractivity contribution in [1.82, 2.24) is 34.7 Å². The van der Waals surface area contributed by atoms with Crippen molar-refractivity contribution in [1.29, 1.82) is 0 Å². The smallest absolute Gasteiger partial charge is 0.127 e. The largest absolute Gasteiger partial charge is 0.497 e. The molecule has 0 spiro atoms. The van der Waals surface area contributed by atoms with E-state index in [9.17, 15) is 4.39 Å². The van der Waals surface area contributed by atoms with Crippen LogP contribution in [-0.2, 0) is 7.05 Å². The van der Waals surface area contributed by atoms with Crippen molar-refractivity contribution in [3.8, 4) is 39.8 Å². The number of benzene rings is 1. The zero-order chi connectivity index (χ0) is 23.4. The molecule has 8 nitrogen and oxygen atoms in total. The summed E-state index contributed by atoms with van der Waals surface area (Å²) in [5.74, 6) is 0.967. The van der Waals surface area contributed by atoms with Gasteiger partial charge >= 0.3 is 0 Å². The topological polar surface area (TPSA) is 97.3 Å². The number of rotatable bonds is 4. The summed E-state index contributed by atoms with van der Waals surface area (Å²) in [6, 6.07) is 10.5. The van der Waals surface area contributed by atoms with Crippen molar-refractivity contribution >= 4 is 21.8 Å². The predicted molar refractivity (Wildman–Crippen MR) is 128 cm³/mol. The Bertz CT molecular complexity index is 1690. The lowest BCUT2D eigenvalue weighted by Crippen LogP contribution is -1.95. The Kier molecular flexibility index (Phi) is 4.44. The first-order valence-corrected chi connectivity index (χ1v) is 10.7. The Balaban J connectivity index is 1.50. The molecule has 1 aromatic carbocycles. The molecule has 0 unspecified atom stereocenters. The first-order valence-electron chi connectivity index (χ1n) is 10.7. The van der Waals surface area contributed by atoms with Crippen LogP contribution in [0, 0.1) is 12.7 Å². The van der Waals surface area contributed by atoms with Crippen LogP contribution in [0.1, 0.15) is 5.82 Å². The van der Waals surface area contributed by atoms with E-state index in [0.29, 0.717) is 17.0 Å². The maximum absolute atomic E-state index is 14.2. The van der Waals surface area contributed by atoms with Gasteiger partial charge in [-0.05, 0) is 37.3 Å². The van der Waals surface area contributed by atoms with Gasteiger partial charge in [-0.15, -0.1) is 0 Å². The van der Waals surface area contributed by atoms with Gasteiger partial charge in [0.1, 0.15) is 23.1 Å². The second kappa shape index (κ2) is 7.51. The van der Waals surface area contributed by atoms with Crippen LogP contribution in [0.3, 0.4) is 0 Å². The van der Waals surface area contributed by atoms with Crippen LogP contribution in [0.4, 0.5) is 4.39 Å². The van der Waals surface area contributed by atoms with Gasteiger partial charge in [-0.3, -0.25) is 15.1 Å². The van der Waals surface area contributed by atoms with E-state index in [4.69, 9.17) is 4.74 Å². The number of imidazole rings is 1. The molecule has 9 heteroatoms. The van der Waals surface area contributed by atoms with Crippen LogP contribution in [0.25, 0.3) is 55.8 Å². The predicted octanol–water partition coefficient (Wildman–Crippen LogP) is 5.02. The fourth-order valence-corrected chi connectivity index (χ4v) is 4.23. The zero-order valence-electron chi connectivity index (χ0n) is 18.7. The van der Waals surface area contributed by atoms with Gasteiger partial charge in [-0.25, -0.2) is 9.37 Å². The van der Waals surface area contributed by atoms with Crippen molar-refractivity contribution in [2.24, 2.45) is 7.05 Å². The number of ether oxygens (including phenoxy) is 1. The highest BCUT2D eigenvalue weighted by molar-refractivity contribution is 6.00. The van der Waals surface area contributed by atoms with Crippen LogP contribution >= 0.6 is 0 Å². The molecule has 0 radical (unpaired) electrons. The van der Waals surface area contributed by atoms with Gasteiger partial charge < -0.3 is 14.3 Å². The molecule has 0 amide bonds. The Morgan fingerprint density at radius 1 is 0.941 bits per heavy atom. The van der Waals surface area contributed by atoms with Crippen molar-refractivity contribution in [3.05, 3.63) is 66.6 Å². The molecule has 168 valence electrons. The highest BCUT2D eigenvalue weighted by Gasteiger charge is 2.17. The summed E-state index contributed by atoms with van der Waals surface area (Å²) in [5.41, 5.74) is 6.30. The zero-order valence-corrected chi connectivity index (χ0v) is 18.7. The molecule has 0 saturated heterocycles. The molecule has 6 rings (SSSR count).